The van der Waals surface area contributed by atoms with Crippen molar-refractivity contribution in [1.29, 1.82) is 0 Å². The molecular weight excluding hydrogens is 167 g/mol. The first kappa shape index (κ1) is 11.1. The van der Waals surface area contributed by atoms with Gasteiger partial charge in [0.05, 0.1) is 33.8 Å². The van der Waals surface area contributed by atoms with E-state index in [4.69, 9.17) is 9.79 Å². The van der Waals surface area contributed by atoms with E-state index in [9.17, 15) is 4.57 Å². The van der Waals surface area contributed by atoms with E-state index in [1.807, 2.05) is 21.1 Å². The van der Waals surface area contributed by atoms with Gasteiger partial charge in [0.25, 0.3) is 0 Å². The summed E-state index contributed by atoms with van der Waals surface area (Å²) in [7, 11) is 1.84. The molecule has 0 spiro atoms. The van der Waals surface area contributed by atoms with Crippen LogP contribution in [0.5, 0.6) is 0 Å². The fraction of sp³-hybridized carbons (Fsp3) is 1.00. The average molecular weight is 183 g/mol. The molecule has 0 aromatic carbocycles. The first-order valence-electron chi connectivity index (χ1n) is 3.32. The van der Waals surface area contributed by atoms with Crippen molar-refractivity contribution in [3.8, 4) is 0 Å². The van der Waals surface area contributed by atoms with Gasteiger partial charge >= 0.3 is 7.60 Å². The first-order valence-corrected chi connectivity index (χ1v) is 5.12. The third-order valence-electron chi connectivity index (χ3n) is 0.989. The molecular formula is C5H16N2O3P+. The van der Waals surface area contributed by atoms with Gasteiger partial charge in [0.2, 0.25) is 0 Å². The van der Waals surface area contributed by atoms with Crippen LogP contribution in [0.4, 0.5) is 0 Å². The summed E-state index contributed by atoms with van der Waals surface area (Å²) in [5, 5.41) is 0. The van der Waals surface area contributed by atoms with E-state index in [1.54, 1.807) is 0 Å². The van der Waals surface area contributed by atoms with E-state index >= 15 is 0 Å². The molecule has 0 aliphatic carbocycles. The fourth-order valence-corrected chi connectivity index (χ4v) is 0.922. The third-order valence-corrected chi connectivity index (χ3v) is 1.80. The van der Waals surface area contributed by atoms with Gasteiger partial charge in [-0.25, -0.2) is 0 Å². The minimum atomic E-state index is -3.82. The van der Waals surface area contributed by atoms with Crippen LogP contribution in [0.2, 0.25) is 0 Å². The Hall–Kier alpha value is 0.0700. The monoisotopic (exact) mass is 183 g/mol. The SMILES string of the molecule is C[N+](C)(C)NCCP(=O)(O)O. The van der Waals surface area contributed by atoms with E-state index in [0.29, 0.717) is 11.1 Å². The number of hydrogen-bond donors (Lipinski definition) is 3. The minimum Gasteiger partial charge on any atom is -0.324 e. The Labute approximate surface area is 66.7 Å². The lowest BCUT2D eigenvalue weighted by molar-refractivity contribution is -0.915. The number of nitrogens with one attached hydrogen (secondary N) is 1. The number of nitrogens with zero attached hydrogens (tertiary/aromatic N) is 1. The second kappa shape index (κ2) is 3.65. The quantitative estimate of drug-likeness (QED) is 0.308. The lowest BCUT2D eigenvalue weighted by atomic mass is 10.7. The van der Waals surface area contributed by atoms with Gasteiger partial charge in [-0.1, -0.05) is 0 Å². The van der Waals surface area contributed by atoms with Crippen molar-refractivity contribution in [3.05, 3.63) is 0 Å². The molecule has 0 bridgehead atoms. The van der Waals surface area contributed by atoms with Crippen molar-refractivity contribution in [2.75, 3.05) is 33.8 Å². The molecule has 11 heavy (non-hydrogen) atoms. The smallest absolute Gasteiger partial charge is 0.324 e. The van der Waals surface area contributed by atoms with Gasteiger partial charge in [0.15, 0.2) is 0 Å². The Morgan fingerprint density at radius 1 is 1.36 bits per heavy atom. The highest BCUT2D eigenvalue weighted by atomic mass is 31.2. The van der Waals surface area contributed by atoms with Crippen molar-refractivity contribution >= 4 is 7.60 Å². The maximum absolute atomic E-state index is 10.4. The Morgan fingerprint density at radius 3 is 2.09 bits per heavy atom. The molecule has 0 saturated carbocycles. The third kappa shape index (κ3) is 10.1. The molecule has 0 heterocycles. The van der Waals surface area contributed by atoms with Crippen LogP contribution >= 0.6 is 7.60 Å². The standard InChI is InChI=1S/C5H15N2O3P/c1-7(2,3)6-4-5-11(8,9)10/h6H,4-5H2,1-3H3,(H-,8,9,10)/p+1. The van der Waals surface area contributed by atoms with Crippen molar-refractivity contribution in [2.45, 2.75) is 0 Å². The molecule has 5 nitrogen and oxygen atoms in total. The summed E-state index contributed by atoms with van der Waals surface area (Å²) < 4.78 is 10.9. The molecule has 0 aromatic rings. The molecule has 0 aliphatic heterocycles. The van der Waals surface area contributed by atoms with Crippen LogP contribution < -0.4 is 5.43 Å². The molecule has 68 valence electrons. The van der Waals surface area contributed by atoms with Crippen LogP contribution in [-0.4, -0.2) is 48.2 Å². The van der Waals surface area contributed by atoms with Gasteiger partial charge in [0, 0.05) is 0 Å². The van der Waals surface area contributed by atoms with Gasteiger partial charge in [-0.3, -0.25) is 9.16 Å². The van der Waals surface area contributed by atoms with Crippen LogP contribution in [0.3, 0.4) is 0 Å². The molecule has 0 aliphatic rings. The number of rotatable bonds is 4. The molecule has 6 heteroatoms. The van der Waals surface area contributed by atoms with E-state index in [2.05, 4.69) is 5.43 Å². The van der Waals surface area contributed by atoms with Gasteiger partial charge < -0.3 is 9.79 Å². The van der Waals surface area contributed by atoms with Gasteiger partial charge in [-0.15, -0.1) is 0 Å². The summed E-state index contributed by atoms with van der Waals surface area (Å²) in [6.07, 6.45) is -0.109. The van der Waals surface area contributed by atoms with Crippen LogP contribution in [-0.2, 0) is 4.57 Å². The summed E-state index contributed by atoms with van der Waals surface area (Å²) in [4.78, 5) is 17.0. The largest absolute Gasteiger partial charge is 0.327 e. The lowest BCUT2D eigenvalue weighted by Crippen LogP contribution is -2.48. The summed E-state index contributed by atoms with van der Waals surface area (Å²) in [6, 6.07) is 0. The van der Waals surface area contributed by atoms with Crippen LogP contribution in [0.15, 0.2) is 0 Å². The van der Waals surface area contributed by atoms with Crippen LogP contribution in [0.1, 0.15) is 0 Å². The van der Waals surface area contributed by atoms with Crippen molar-refractivity contribution in [1.82, 2.24) is 5.43 Å². The summed E-state index contributed by atoms with van der Waals surface area (Å²) in [5.41, 5.74) is 2.92. The maximum Gasteiger partial charge on any atom is 0.327 e. The zero-order chi connectivity index (χ0) is 9.12. The topological polar surface area (TPSA) is 69.6 Å². The zero-order valence-electron chi connectivity index (χ0n) is 7.11. The fourth-order valence-electron chi connectivity index (χ4n) is 0.531. The van der Waals surface area contributed by atoms with Gasteiger partial charge in [0.1, 0.15) is 0 Å². The van der Waals surface area contributed by atoms with Crippen LogP contribution in [0, 0.1) is 0 Å². The van der Waals surface area contributed by atoms with Gasteiger partial charge in [-0.2, -0.15) is 5.43 Å². The van der Waals surface area contributed by atoms with Gasteiger partial charge in [-0.05, 0) is 0 Å². The summed E-state index contributed by atoms with van der Waals surface area (Å²) >= 11 is 0. The van der Waals surface area contributed by atoms with Crippen molar-refractivity contribution in [2.24, 2.45) is 0 Å². The highest BCUT2D eigenvalue weighted by Gasteiger charge is 2.14. The summed E-state index contributed by atoms with van der Waals surface area (Å²) in [5.74, 6) is 0. The molecule has 3 N–H and O–H groups in total. The Morgan fingerprint density at radius 2 is 1.82 bits per heavy atom. The molecule has 0 fully saturated rings. The number of quaternary nitrogens is 1. The minimum absolute atomic E-state index is 0.109. The molecule has 0 atom stereocenters. The van der Waals surface area contributed by atoms with E-state index in [-0.39, 0.29) is 6.16 Å². The molecule has 0 radical (unpaired) electrons. The second-order valence-electron chi connectivity index (χ2n) is 3.31. The van der Waals surface area contributed by atoms with E-state index in [1.165, 1.54) is 0 Å². The number of hydrogen-bond acceptors (Lipinski definition) is 2. The molecule has 0 unspecified atom stereocenters. The molecule has 0 aromatic heterocycles. The predicted octanol–water partition coefficient (Wildman–Crippen LogP) is -0.625. The van der Waals surface area contributed by atoms with E-state index < -0.39 is 7.60 Å². The molecule has 0 amide bonds. The molecule has 0 saturated heterocycles. The Bertz CT molecular complexity index is 160. The molecule has 0 rings (SSSR count). The summed E-state index contributed by atoms with van der Waals surface area (Å²) in [6.45, 7) is 0.327. The lowest BCUT2D eigenvalue weighted by Gasteiger charge is -2.23. The normalized spacial score (nSPS) is 13.5. The van der Waals surface area contributed by atoms with Crippen molar-refractivity contribution < 1.29 is 18.9 Å². The maximum atomic E-state index is 10.4. The Kier molecular flexibility index (Phi) is 3.67. The predicted molar refractivity (Wildman–Crippen MR) is 42.9 cm³/mol. The zero-order valence-corrected chi connectivity index (χ0v) is 8.01. The van der Waals surface area contributed by atoms with Crippen molar-refractivity contribution in [3.63, 3.8) is 0 Å². The van der Waals surface area contributed by atoms with E-state index in [0.717, 1.165) is 0 Å². The average Bonchev–Trinajstić information content (AvgIpc) is 1.55. The Balaban J connectivity index is 3.52. The second-order valence-corrected chi connectivity index (χ2v) is 5.09. The highest BCUT2D eigenvalue weighted by Crippen LogP contribution is 2.32. The highest BCUT2D eigenvalue weighted by molar-refractivity contribution is 7.51. The first-order chi connectivity index (χ1) is 4.71. The van der Waals surface area contributed by atoms with Crippen LogP contribution in [0.25, 0.3) is 0 Å².